The first-order chi connectivity index (χ1) is 19.1. The number of halogens is 2. The van der Waals surface area contributed by atoms with Crippen molar-refractivity contribution in [1.29, 1.82) is 0 Å². The number of hydrogen-bond acceptors (Lipinski definition) is 5. The maximum atomic E-state index is 13.3. The van der Waals surface area contributed by atoms with Crippen LogP contribution in [-0.4, -0.2) is 33.6 Å². The van der Waals surface area contributed by atoms with Crippen molar-refractivity contribution < 1.29 is 9.53 Å². The Hall–Kier alpha value is -3.88. The zero-order chi connectivity index (χ0) is 26.8. The highest BCUT2D eigenvalue weighted by Crippen LogP contribution is 2.43. The van der Waals surface area contributed by atoms with Gasteiger partial charge in [0, 0.05) is 40.9 Å². The summed E-state index contributed by atoms with van der Waals surface area (Å²) < 4.78 is 8.60. The molecular weight excluding hydrogens is 578 g/mol. The SMILES string of the molecule is O=C(NCCCCNc1cc(-c2ccccc2Cl)nc2c(Br)cnn12)C1c2ccccc2Oc2ccccc21. The van der Waals surface area contributed by atoms with Gasteiger partial charge in [-0.05, 0) is 47.0 Å². The molecule has 3 aromatic carbocycles. The van der Waals surface area contributed by atoms with Crippen LogP contribution < -0.4 is 15.4 Å². The Morgan fingerprint density at radius 2 is 1.62 bits per heavy atom. The van der Waals surface area contributed by atoms with Gasteiger partial charge in [-0.3, -0.25) is 4.79 Å². The van der Waals surface area contributed by atoms with Gasteiger partial charge < -0.3 is 15.4 Å². The van der Waals surface area contributed by atoms with Crippen molar-refractivity contribution in [1.82, 2.24) is 19.9 Å². The highest BCUT2D eigenvalue weighted by molar-refractivity contribution is 9.10. The molecule has 9 heteroatoms. The van der Waals surface area contributed by atoms with Gasteiger partial charge in [-0.15, -0.1) is 0 Å². The van der Waals surface area contributed by atoms with Crippen molar-refractivity contribution in [3.05, 3.63) is 106 Å². The number of para-hydroxylation sites is 2. The van der Waals surface area contributed by atoms with Gasteiger partial charge in [0.2, 0.25) is 5.91 Å². The third kappa shape index (κ3) is 5.10. The van der Waals surface area contributed by atoms with Crippen molar-refractivity contribution in [2.45, 2.75) is 18.8 Å². The monoisotopic (exact) mass is 601 g/mol. The third-order valence-corrected chi connectivity index (χ3v) is 7.62. The summed E-state index contributed by atoms with van der Waals surface area (Å²) in [6.45, 7) is 1.28. The molecule has 1 aliphatic rings. The van der Waals surface area contributed by atoms with Gasteiger partial charge in [0.25, 0.3) is 0 Å². The van der Waals surface area contributed by atoms with E-state index in [1.165, 1.54) is 0 Å². The van der Waals surface area contributed by atoms with Gasteiger partial charge >= 0.3 is 0 Å². The lowest BCUT2D eigenvalue weighted by molar-refractivity contribution is -0.121. The molecule has 1 aliphatic heterocycles. The zero-order valence-corrected chi connectivity index (χ0v) is 23.2. The molecule has 2 aromatic heterocycles. The van der Waals surface area contributed by atoms with Crippen LogP contribution in [0.1, 0.15) is 29.9 Å². The Bertz CT molecular complexity index is 1630. The second kappa shape index (κ2) is 11.1. The van der Waals surface area contributed by atoms with E-state index in [9.17, 15) is 4.79 Å². The summed E-state index contributed by atoms with van der Waals surface area (Å²) in [5.41, 5.74) is 4.10. The zero-order valence-electron chi connectivity index (χ0n) is 20.9. The van der Waals surface area contributed by atoms with E-state index in [4.69, 9.17) is 21.3 Å². The molecule has 0 radical (unpaired) electrons. The van der Waals surface area contributed by atoms with Crippen LogP contribution in [0.5, 0.6) is 11.5 Å². The number of hydrogen-bond donors (Lipinski definition) is 2. The summed E-state index contributed by atoms with van der Waals surface area (Å²) in [5.74, 6) is 1.86. The first kappa shape index (κ1) is 25.4. The summed E-state index contributed by atoms with van der Waals surface area (Å²) in [6, 6.07) is 25.0. The number of benzene rings is 3. The number of nitrogens with one attached hydrogen (secondary N) is 2. The number of nitrogens with zero attached hydrogens (tertiary/aromatic N) is 3. The van der Waals surface area contributed by atoms with Crippen LogP contribution in [0.25, 0.3) is 16.9 Å². The molecule has 1 amide bonds. The second-order valence-corrected chi connectivity index (χ2v) is 10.5. The first-order valence-electron chi connectivity index (χ1n) is 12.8. The molecule has 0 unspecified atom stereocenters. The smallest absolute Gasteiger partial charge is 0.232 e. The Balaban J connectivity index is 1.09. The summed E-state index contributed by atoms with van der Waals surface area (Å²) in [6.07, 6.45) is 3.40. The van der Waals surface area contributed by atoms with Crippen molar-refractivity contribution in [2.24, 2.45) is 0 Å². The van der Waals surface area contributed by atoms with E-state index in [1.54, 1.807) is 10.7 Å². The average molecular weight is 603 g/mol. The van der Waals surface area contributed by atoms with Crippen LogP contribution in [0.3, 0.4) is 0 Å². The first-order valence-corrected chi connectivity index (χ1v) is 13.9. The number of unbranched alkanes of at least 4 members (excludes halogenated alkanes) is 1. The predicted molar refractivity (Wildman–Crippen MR) is 157 cm³/mol. The van der Waals surface area contributed by atoms with Crippen LogP contribution in [0.2, 0.25) is 5.02 Å². The van der Waals surface area contributed by atoms with E-state index >= 15 is 0 Å². The van der Waals surface area contributed by atoms with Crippen LogP contribution in [0, 0.1) is 0 Å². The minimum atomic E-state index is -0.393. The number of carbonyl (C=O) groups is 1. The van der Waals surface area contributed by atoms with Gasteiger partial charge in [0.05, 0.1) is 22.3 Å². The van der Waals surface area contributed by atoms with Gasteiger partial charge in [0.1, 0.15) is 17.3 Å². The van der Waals surface area contributed by atoms with E-state index in [0.717, 1.165) is 57.0 Å². The molecule has 196 valence electrons. The van der Waals surface area contributed by atoms with Gasteiger partial charge in [-0.1, -0.05) is 66.2 Å². The fourth-order valence-corrected chi connectivity index (χ4v) is 5.42. The normalized spacial score (nSPS) is 12.5. The van der Waals surface area contributed by atoms with Crippen molar-refractivity contribution >= 4 is 44.9 Å². The quantitative estimate of drug-likeness (QED) is 0.186. The van der Waals surface area contributed by atoms with E-state index in [-0.39, 0.29) is 5.91 Å². The Morgan fingerprint density at radius 1 is 0.949 bits per heavy atom. The average Bonchev–Trinajstić information content (AvgIpc) is 3.34. The highest BCUT2D eigenvalue weighted by Gasteiger charge is 2.32. The largest absolute Gasteiger partial charge is 0.457 e. The molecule has 0 saturated carbocycles. The summed E-state index contributed by atoms with van der Waals surface area (Å²) >= 11 is 9.98. The minimum Gasteiger partial charge on any atom is -0.457 e. The van der Waals surface area contributed by atoms with E-state index in [1.807, 2.05) is 78.9 Å². The molecule has 0 fully saturated rings. The lowest BCUT2D eigenvalue weighted by Crippen LogP contribution is -2.32. The lowest BCUT2D eigenvalue weighted by Gasteiger charge is -2.27. The minimum absolute atomic E-state index is 0.0206. The Labute approximate surface area is 239 Å². The van der Waals surface area contributed by atoms with E-state index in [2.05, 4.69) is 31.7 Å². The van der Waals surface area contributed by atoms with Crippen LogP contribution in [-0.2, 0) is 4.79 Å². The number of aromatic nitrogens is 3. The number of ether oxygens (including phenoxy) is 1. The lowest BCUT2D eigenvalue weighted by atomic mass is 9.87. The summed E-state index contributed by atoms with van der Waals surface area (Å²) in [7, 11) is 0. The van der Waals surface area contributed by atoms with Crippen molar-refractivity contribution in [3.63, 3.8) is 0 Å². The second-order valence-electron chi connectivity index (χ2n) is 9.27. The molecule has 0 spiro atoms. The molecule has 0 atom stereocenters. The molecule has 3 heterocycles. The summed E-state index contributed by atoms with van der Waals surface area (Å²) in [5, 5.41) is 11.7. The van der Waals surface area contributed by atoms with Gasteiger partial charge in [0.15, 0.2) is 5.65 Å². The van der Waals surface area contributed by atoms with E-state index in [0.29, 0.717) is 23.8 Å². The van der Waals surface area contributed by atoms with Crippen molar-refractivity contribution in [3.8, 4) is 22.8 Å². The number of amides is 1. The molecule has 6 rings (SSSR count). The molecule has 0 aliphatic carbocycles. The number of fused-ring (bicyclic) bond motifs is 3. The van der Waals surface area contributed by atoms with Crippen LogP contribution in [0.15, 0.2) is 89.5 Å². The van der Waals surface area contributed by atoms with Crippen LogP contribution in [0.4, 0.5) is 5.82 Å². The predicted octanol–water partition coefficient (Wildman–Crippen LogP) is 7.06. The summed E-state index contributed by atoms with van der Waals surface area (Å²) in [4.78, 5) is 18.1. The highest BCUT2D eigenvalue weighted by atomic mass is 79.9. The fraction of sp³-hybridized carbons (Fsp3) is 0.167. The molecule has 0 saturated heterocycles. The van der Waals surface area contributed by atoms with Gasteiger partial charge in [-0.2, -0.15) is 9.61 Å². The number of carbonyl (C=O) groups excluding carboxylic acids is 1. The molecule has 5 aromatic rings. The maximum absolute atomic E-state index is 13.3. The number of rotatable bonds is 8. The van der Waals surface area contributed by atoms with Gasteiger partial charge in [-0.25, -0.2) is 4.98 Å². The van der Waals surface area contributed by atoms with Crippen LogP contribution >= 0.6 is 27.5 Å². The molecule has 2 N–H and O–H groups in total. The third-order valence-electron chi connectivity index (χ3n) is 6.73. The van der Waals surface area contributed by atoms with E-state index < -0.39 is 5.92 Å². The van der Waals surface area contributed by atoms with Crippen molar-refractivity contribution in [2.75, 3.05) is 18.4 Å². The molecule has 7 nitrogen and oxygen atoms in total. The standard InChI is InChI=1S/C30H25BrClN5O2/c31-22-18-35-37-27(17-24(36-29(22)37)19-9-1-4-12-23(19)32)33-15-7-8-16-34-30(38)28-20-10-2-5-13-25(20)39-26-14-6-3-11-21(26)28/h1-6,9-14,17-18,28,33H,7-8,15-16H2,(H,34,38). The molecule has 0 bridgehead atoms. The number of anilines is 1. The Morgan fingerprint density at radius 3 is 2.36 bits per heavy atom. The topological polar surface area (TPSA) is 80.5 Å². The Kier molecular flexibility index (Phi) is 7.22. The molecular formula is C30H25BrClN5O2. The molecule has 39 heavy (non-hydrogen) atoms. The maximum Gasteiger partial charge on any atom is 0.232 e. The fourth-order valence-electron chi connectivity index (χ4n) is 4.84.